The van der Waals surface area contributed by atoms with Gasteiger partial charge < -0.3 is 9.53 Å². The van der Waals surface area contributed by atoms with E-state index in [0.717, 1.165) is 10.4 Å². The summed E-state index contributed by atoms with van der Waals surface area (Å²) >= 11 is 0. The lowest BCUT2D eigenvalue weighted by Crippen LogP contribution is -2.67. The van der Waals surface area contributed by atoms with Crippen LogP contribution in [0.25, 0.3) is 0 Å². The van der Waals surface area contributed by atoms with Gasteiger partial charge in [0.05, 0.1) is 6.61 Å². The van der Waals surface area contributed by atoms with Crippen LogP contribution in [-0.2, 0) is 9.22 Å². The highest BCUT2D eigenvalue weighted by molar-refractivity contribution is 6.99. The number of benzene rings is 2. The van der Waals surface area contributed by atoms with E-state index in [-0.39, 0.29) is 17.4 Å². The summed E-state index contributed by atoms with van der Waals surface area (Å²) in [6.07, 6.45) is 3.10. The second-order valence-corrected chi connectivity index (χ2v) is 13.8. The monoisotopic (exact) mass is 424 g/mol. The predicted molar refractivity (Wildman–Crippen MR) is 128 cm³/mol. The van der Waals surface area contributed by atoms with Gasteiger partial charge in [-0.3, -0.25) is 4.79 Å². The van der Waals surface area contributed by atoms with Gasteiger partial charge >= 0.3 is 0 Å². The van der Waals surface area contributed by atoms with Gasteiger partial charge in [-0.1, -0.05) is 93.1 Å². The van der Waals surface area contributed by atoms with Crippen molar-refractivity contribution in [3.05, 3.63) is 72.3 Å². The van der Waals surface area contributed by atoms with E-state index in [0.29, 0.717) is 12.8 Å². The lowest BCUT2D eigenvalue weighted by Gasteiger charge is -2.43. The van der Waals surface area contributed by atoms with Crippen molar-refractivity contribution in [1.82, 2.24) is 0 Å². The molecule has 0 aliphatic carbocycles. The molecule has 0 bridgehead atoms. The van der Waals surface area contributed by atoms with Crippen LogP contribution in [0.5, 0.6) is 0 Å². The molecule has 1 N–H and O–H groups in total. The molecular weight excluding hydrogens is 388 g/mol. The largest absolute Gasteiger partial charge is 0.400 e. The molecule has 0 amide bonds. The first kappa shape index (κ1) is 24.3. The molecule has 0 radical (unpaired) electrons. The van der Waals surface area contributed by atoms with Crippen molar-refractivity contribution in [2.75, 3.05) is 6.61 Å². The lowest BCUT2D eigenvalue weighted by molar-refractivity contribution is -0.138. The average Bonchev–Trinajstić information content (AvgIpc) is 2.68. The SMILES string of the molecule is CC(C)=CCC[C@](C)(O)C(=O)CO[Si](c1ccccc1)(c1ccccc1)C(C)(C)C. The minimum Gasteiger partial charge on any atom is -0.400 e. The number of allylic oxidation sites excluding steroid dienone is 2. The zero-order valence-corrected chi connectivity index (χ0v) is 20.2. The van der Waals surface area contributed by atoms with E-state index in [1.54, 1.807) is 6.92 Å². The Morgan fingerprint density at radius 1 is 0.933 bits per heavy atom. The van der Waals surface area contributed by atoms with Crippen LogP contribution in [0.4, 0.5) is 0 Å². The van der Waals surface area contributed by atoms with Crippen molar-refractivity contribution in [3.8, 4) is 0 Å². The second-order valence-electron chi connectivity index (χ2n) is 9.47. The van der Waals surface area contributed by atoms with E-state index >= 15 is 0 Å². The van der Waals surface area contributed by atoms with Gasteiger partial charge in [-0.2, -0.15) is 0 Å². The van der Waals surface area contributed by atoms with Gasteiger partial charge in [0.25, 0.3) is 8.32 Å². The highest BCUT2D eigenvalue weighted by Crippen LogP contribution is 2.37. The Bertz CT molecular complexity index is 805. The van der Waals surface area contributed by atoms with Gasteiger partial charge in [0.15, 0.2) is 5.78 Å². The molecule has 1 atom stereocenters. The third-order valence-corrected chi connectivity index (χ3v) is 10.6. The van der Waals surface area contributed by atoms with Crippen molar-refractivity contribution in [3.63, 3.8) is 0 Å². The highest BCUT2D eigenvalue weighted by atomic mass is 28.4. The first-order valence-corrected chi connectivity index (χ1v) is 12.6. The Kier molecular flexibility index (Phi) is 7.97. The maximum absolute atomic E-state index is 13.0. The minimum absolute atomic E-state index is 0.102. The summed E-state index contributed by atoms with van der Waals surface area (Å²) in [5.41, 5.74) is -0.223. The van der Waals surface area contributed by atoms with Gasteiger partial charge in [0.1, 0.15) is 5.60 Å². The van der Waals surface area contributed by atoms with Crippen molar-refractivity contribution >= 4 is 24.5 Å². The number of rotatable bonds is 9. The Hall–Kier alpha value is -2.01. The number of hydrogen-bond acceptors (Lipinski definition) is 3. The summed E-state index contributed by atoms with van der Waals surface area (Å²) < 4.78 is 6.66. The van der Waals surface area contributed by atoms with Gasteiger partial charge in [0.2, 0.25) is 0 Å². The maximum atomic E-state index is 13.0. The van der Waals surface area contributed by atoms with E-state index < -0.39 is 13.9 Å². The molecule has 0 saturated carbocycles. The lowest BCUT2D eigenvalue weighted by atomic mass is 9.95. The third-order valence-electron chi connectivity index (χ3n) is 5.62. The van der Waals surface area contributed by atoms with E-state index in [9.17, 15) is 9.90 Å². The fraction of sp³-hybridized carbons (Fsp3) is 0.423. The van der Waals surface area contributed by atoms with E-state index in [2.05, 4.69) is 45.0 Å². The molecule has 2 rings (SSSR count). The van der Waals surface area contributed by atoms with Crippen LogP contribution in [-0.4, -0.2) is 31.4 Å². The van der Waals surface area contributed by atoms with Crippen molar-refractivity contribution < 1.29 is 14.3 Å². The number of Topliss-reactive ketones (excluding diaryl/α,β-unsaturated/α-hetero) is 1. The smallest absolute Gasteiger partial charge is 0.261 e. The fourth-order valence-corrected chi connectivity index (χ4v) is 8.38. The first-order chi connectivity index (χ1) is 14.0. The van der Waals surface area contributed by atoms with Crippen LogP contribution in [0, 0.1) is 0 Å². The maximum Gasteiger partial charge on any atom is 0.261 e. The summed E-state index contributed by atoms with van der Waals surface area (Å²) in [7, 11) is -2.78. The second kappa shape index (κ2) is 9.86. The molecule has 0 aliphatic rings. The molecule has 0 saturated heterocycles. The van der Waals surface area contributed by atoms with Crippen LogP contribution in [0.2, 0.25) is 5.04 Å². The molecule has 0 aliphatic heterocycles. The summed E-state index contributed by atoms with van der Waals surface area (Å²) in [4.78, 5) is 13.0. The molecule has 0 unspecified atom stereocenters. The molecule has 0 aromatic heterocycles. The molecule has 30 heavy (non-hydrogen) atoms. The molecule has 3 nitrogen and oxygen atoms in total. The Morgan fingerprint density at radius 2 is 1.40 bits per heavy atom. The molecule has 0 heterocycles. The normalized spacial score (nSPS) is 14.1. The molecule has 162 valence electrons. The van der Waals surface area contributed by atoms with Crippen LogP contribution in [0.3, 0.4) is 0 Å². The predicted octanol–water partition coefficient (Wildman–Crippen LogP) is 4.63. The van der Waals surface area contributed by atoms with Crippen LogP contribution in [0.1, 0.15) is 54.4 Å². The fourth-order valence-electron chi connectivity index (χ4n) is 3.87. The van der Waals surface area contributed by atoms with Gasteiger partial charge in [0, 0.05) is 0 Å². The van der Waals surface area contributed by atoms with Crippen LogP contribution < -0.4 is 10.4 Å². The molecule has 4 heteroatoms. The summed E-state index contributed by atoms with van der Waals surface area (Å²) in [6.45, 7) is 12.1. The van der Waals surface area contributed by atoms with E-state index in [4.69, 9.17) is 4.43 Å². The highest BCUT2D eigenvalue weighted by Gasteiger charge is 2.50. The number of ketones is 1. The molecular formula is C26H36O3Si. The topological polar surface area (TPSA) is 46.5 Å². The summed E-state index contributed by atoms with van der Waals surface area (Å²) in [5.74, 6) is -0.266. The summed E-state index contributed by atoms with van der Waals surface area (Å²) in [6, 6.07) is 20.5. The van der Waals surface area contributed by atoms with Gasteiger partial charge in [-0.15, -0.1) is 0 Å². The quantitative estimate of drug-likeness (QED) is 0.472. The Labute approximate surface area is 182 Å². The first-order valence-electron chi connectivity index (χ1n) is 10.6. The van der Waals surface area contributed by atoms with Crippen molar-refractivity contribution in [1.29, 1.82) is 0 Å². The van der Waals surface area contributed by atoms with E-state index in [1.165, 1.54) is 5.57 Å². The standard InChI is InChI=1S/C26H36O3Si/c1-21(2)14-13-19-26(6,28)24(27)20-29-30(25(3,4)5,22-15-9-7-10-16-22)23-17-11-8-12-18-23/h7-12,14-18,28H,13,19-20H2,1-6H3/t26-/m0/s1. The number of carbonyl (C=O) groups excluding carboxylic acids is 1. The summed E-state index contributed by atoms with van der Waals surface area (Å²) in [5, 5.41) is 12.8. The Morgan fingerprint density at radius 3 is 1.80 bits per heavy atom. The average molecular weight is 425 g/mol. The number of carbonyl (C=O) groups is 1. The minimum atomic E-state index is -2.78. The molecule has 0 spiro atoms. The zero-order valence-electron chi connectivity index (χ0n) is 19.2. The molecule has 2 aromatic rings. The van der Waals surface area contributed by atoms with Crippen molar-refractivity contribution in [2.45, 2.75) is 65.0 Å². The Balaban J connectivity index is 2.40. The van der Waals surface area contributed by atoms with Crippen LogP contribution in [0.15, 0.2) is 72.3 Å². The third kappa shape index (κ3) is 5.57. The number of hydrogen-bond donors (Lipinski definition) is 1. The van der Waals surface area contributed by atoms with Crippen LogP contribution >= 0.6 is 0 Å². The number of aliphatic hydroxyl groups is 1. The van der Waals surface area contributed by atoms with E-state index in [1.807, 2.05) is 56.3 Å². The molecule has 0 fully saturated rings. The van der Waals surface area contributed by atoms with Gasteiger partial charge in [-0.05, 0) is 49.0 Å². The van der Waals surface area contributed by atoms with Crippen molar-refractivity contribution in [2.24, 2.45) is 0 Å². The molecule has 2 aromatic carbocycles. The van der Waals surface area contributed by atoms with Gasteiger partial charge in [-0.25, -0.2) is 0 Å². The zero-order chi connectivity index (χ0) is 22.4.